The van der Waals surface area contributed by atoms with E-state index in [-0.39, 0.29) is 30.8 Å². The number of benzene rings is 1. The van der Waals surface area contributed by atoms with Crippen LogP contribution in [0.5, 0.6) is 0 Å². The van der Waals surface area contributed by atoms with Crippen molar-refractivity contribution < 1.29 is 15.0 Å². The fourth-order valence-corrected chi connectivity index (χ4v) is 4.33. The van der Waals surface area contributed by atoms with Gasteiger partial charge < -0.3 is 15.1 Å². The van der Waals surface area contributed by atoms with Crippen LogP contribution in [0.2, 0.25) is 5.02 Å². The second-order valence-electron chi connectivity index (χ2n) is 9.59. The van der Waals surface area contributed by atoms with Gasteiger partial charge in [-0.1, -0.05) is 38.4 Å². The lowest BCUT2D eigenvalue weighted by Crippen LogP contribution is -2.48. The summed E-state index contributed by atoms with van der Waals surface area (Å²) in [6.07, 6.45) is 4.19. The highest BCUT2D eigenvalue weighted by Gasteiger charge is 2.28. The Morgan fingerprint density at radius 1 is 1.00 bits per heavy atom. The highest BCUT2D eigenvalue weighted by molar-refractivity contribution is 6.33. The number of likely N-dealkylation sites (tertiary alicyclic amines) is 1. The lowest BCUT2D eigenvalue weighted by atomic mass is 9.90. The number of hydrogen-bond donors (Lipinski definition) is 2. The predicted octanol–water partition coefficient (Wildman–Crippen LogP) is 4.33. The van der Waals surface area contributed by atoms with Crippen LogP contribution in [0.3, 0.4) is 0 Å². The first-order valence-corrected chi connectivity index (χ1v) is 11.4. The maximum Gasteiger partial charge on any atom is 0.254 e. The molecule has 2 N–H and O–H groups in total. The van der Waals surface area contributed by atoms with Crippen molar-refractivity contribution in [3.8, 4) is 22.3 Å². The number of carbonyl (C=O) groups excluding carboxylic acids is 1. The van der Waals surface area contributed by atoms with Crippen molar-refractivity contribution in [2.75, 3.05) is 13.1 Å². The number of aliphatic hydroxyl groups is 2. The first-order valence-electron chi connectivity index (χ1n) is 11.0. The molecular formula is C26H28ClN3O3. The van der Waals surface area contributed by atoms with Gasteiger partial charge in [0.2, 0.25) is 0 Å². The fourth-order valence-electron chi connectivity index (χ4n) is 4.04. The molecule has 7 heteroatoms. The maximum atomic E-state index is 12.9. The van der Waals surface area contributed by atoms with Gasteiger partial charge >= 0.3 is 0 Å². The van der Waals surface area contributed by atoms with E-state index in [4.69, 9.17) is 11.6 Å². The van der Waals surface area contributed by atoms with Crippen LogP contribution in [0.1, 0.15) is 43.2 Å². The Kier molecular flexibility index (Phi) is 6.52. The molecule has 4 rings (SSSR count). The van der Waals surface area contributed by atoms with E-state index in [0.29, 0.717) is 10.6 Å². The van der Waals surface area contributed by atoms with Gasteiger partial charge in [0, 0.05) is 76.5 Å². The molecule has 3 aromatic rings. The number of pyridine rings is 2. The molecule has 33 heavy (non-hydrogen) atoms. The van der Waals surface area contributed by atoms with Crippen LogP contribution < -0.4 is 0 Å². The molecule has 1 aliphatic rings. The number of carbonyl (C=O) groups is 1. The number of halogens is 1. The Morgan fingerprint density at radius 3 is 2.36 bits per heavy atom. The minimum Gasteiger partial charge on any atom is -0.391 e. The zero-order valence-electron chi connectivity index (χ0n) is 19.0. The van der Waals surface area contributed by atoms with Crippen molar-refractivity contribution >= 4 is 17.5 Å². The number of nitrogens with zero attached hydrogens (tertiary/aromatic N) is 3. The molecule has 0 unspecified atom stereocenters. The van der Waals surface area contributed by atoms with Crippen LogP contribution in [0.4, 0.5) is 0 Å². The molecule has 0 bridgehead atoms. The van der Waals surface area contributed by atoms with Crippen LogP contribution in [0.15, 0.2) is 55.0 Å². The Balaban J connectivity index is 1.61. The standard InChI is InChI=1S/C26H28ClN3O3/c1-26(2,3)24-10-16(6-7-29-24)18-8-19(13-28-12-18)22-5-4-17(9-23(22)27)25(33)30-14-20(31)11-21(32)15-30/h4-10,12-13,20-21,31-32H,11,14-15H2,1-3H3/t20-,21-/m1/s1. The minimum absolute atomic E-state index is 0.0623. The lowest BCUT2D eigenvalue weighted by Gasteiger charge is -2.33. The zero-order chi connectivity index (χ0) is 23.8. The molecule has 172 valence electrons. The molecule has 1 saturated heterocycles. The lowest BCUT2D eigenvalue weighted by molar-refractivity contribution is -0.00384. The quantitative estimate of drug-likeness (QED) is 0.601. The van der Waals surface area contributed by atoms with Gasteiger partial charge in [-0.15, -0.1) is 0 Å². The summed E-state index contributed by atoms with van der Waals surface area (Å²) >= 11 is 6.58. The highest BCUT2D eigenvalue weighted by Crippen LogP contribution is 2.32. The summed E-state index contributed by atoms with van der Waals surface area (Å²) in [5.41, 5.74) is 4.94. The third kappa shape index (κ3) is 5.24. The number of piperidine rings is 1. The van der Waals surface area contributed by atoms with E-state index in [1.807, 2.05) is 24.5 Å². The topological polar surface area (TPSA) is 86.6 Å². The van der Waals surface area contributed by atoms with E-state index in [2.05, 4.69) is 36.8 Å². The van der Waals surface area contributed by atoms with Crippen LogP contribution >= 0.6 is 11.6 Å². The van der Waals surface area contributed by atoms with E-state index < -0.39 is 12.2 Å². The summed E-state index contributed by atoms with van der Waals surface area (Å²) in [7, 11) is 0. The number of β-amino-alcohol motifs (C(OH)–C–C–N with tert-alkyl or cyclic N) is 2. The Morgan fingerprint density at radius 2 is 1.70 bits per heavy atom. The summed E-state index contributed by atoms with van der Waals surface area (Å²) in [6, 6.07) is 11.2. The fraction of sp³-hybridized carbons (Fsp3) is 0.346. The SMILES string of the molecule is CC(C)(C)c1cc(-c2cncc(-c3ccc(C(=O)N4C[C@H](O)C[C@@H](O)C4)cc3Cl)c2)ccn1. The molecule has 1 amide bonds. The largest absolute Gasteiger partial charge is 0.391 e. The smallest absolute Gasteiger partial charge is 0.254 e. The molecule has 3 heterocycles. The van der Waals surface area contributed by atoms with Crippen molar-refractivity contribution in [1.82, 2.24) is 14.9 Å². The second kappa shape index (κ2) is 9.21. The third-order valence-corrected chi connectivity index (χ3v) is 6.13. The Hall–Kier alpha value is -2.80. The van der Waals surface area contributed by atoms with Crippen LogP contribution in [0, 0.1) is 0 Å². The van der Waals surface area contributed by atoms with Crippen molar-refractivity contribution in [2.24, 2.45) is 0 Å². The molecule has 0 radical (unpaired) electrons. The van der Waals surface area contributed by atoms with Crippen molar-refractivity contribution in [1.29, 1.82) is 0 Å². The highest BCUT2D eigenvalue weighted by atomic mass is 35.5. The van der Waals surface area contributed by atoms with Gasteiger partial charge in [-0.3, -0.25) is 14.8 Å². The number of hydrogen-bond acceptors (Lipinski definition) is 5. The molecule has 1 aliphatic heterocycles. The number of aliphatic hydroxyl groups excluding tert-OH is 2. The molecule has 0 aliphatic carbocycles. The Bertz CT molecular complexity index is 1170. The van der Waals surface area contributed by atoms with Crippen molar-refractivity contribution in [2.45, 2.75) is 44.8 Å². The van der Waals surface area contributed by atoms with Gasteiger partial charge in [-0.05, 0) is 35.9 Å². The second-order valence-corrected chi connectivity index (χ2v) is 10.00. The monoisotopic (exact) mass is 465 g/mol. The van der Waals surface area contributed by atoms with Crippen LogP contribution in [-0.2, 0) is 5.41 Å². The molecule has 2 atom stereocenters. The summed E-state index contributed by atoms with van der Waals surface area (Å²) in [5.74, 6) is -0.264. The van der Waals surface area contributed by atoms with Gasteiger partial charge in [-0.2, -0.15) is 0 Å². The average molecular weight is 466 g/mol. The molecule has 2 aromatic heterocycles. The number of rotatable bonds is 3. The molecular weight excluding hydrogens is 438 g/mol. The molecule has 1 fully saturated rings. The van der Waals surface area contributed by atoms with E-state index in [0.717, 1.165) is 27.9 Å². The number of amides is 1. The average Bonchev–Trinajstić information content (AvgIpc) is 2.77. The van der Waals surface area contributed by atoms with E-state index in [1.54, 1.807) is 24.4 Å². The summed E-state index contributed by atoms with van der Waals surface area (Å²) in [6.45, 7) is 6.78. The summed E-state index contributed by atoms with van der Waals surface area (Å²) < 4.78 is 0. The Labute approximate surface area is 198 Å². The van der Waals surface area contributed by atoms with E-state index in [1.165, 1.54) is 4.90 Å². The van der Waals surface area contributed by atoms with Gasteiger partial charge in [-0.25, -0.2) is 0 Å². The molecule has 6 nitrogen and oxygen atoms in total. The zero-order valence-corrected chi connectivity index (χ0v) is 19.8. The van der Waals surface area contributed by atoms with Crippen molar-refractivity contribution in [3.63, 3.8) is 0 Å². The van der Waals surface area contributed by atoms with Crippen molar-refractivity contribution in [3.05, 3.63) is 71.3 Å². The van der Waals surface area contributed by atoms with E-state index >= 15 is 0 Å². The molecule has 0 saturated carbocycles. The number of aromatic nitrogens is 2. The maximum absolute atomic E-state index is 12.9. The van der Waals surface area contributed by atoms with Gasteiger partial charge in [0.05, 0.1) is 12.2 Å². The van der Waals surface area contributed by atoms with Gasteiger partial charge in [0.25, 0.3) is 5.91 Å². The minimum atomic E-state index is -0.728. The normalized spacial score (nSPS) is 18.9. The van der Waals surface area contributed by atoms with Crippen LogP contribution in [0.25, 0.3) is 22.3 Å². The summed E-state index contributed by atoms with van der Waals surface area (Å²) in [4.78, 5) is 23.2. The van der Waals surface area contributed by atoms with Gasteiger partial charge in [0.15, 0.2) is 0 Å². The first-order chi connectivity index (χ1) is 15.6. The van der Waals surface area contributed by atoms with E-state index in [9.17, 15) is 15.0 Å². The molecule has 1 aromatic carbocycles. The van der Waals surface area contributed by atoms with Crippen LogP contribution in [-0.4, -0.2) is 56.3 Å². The third-order valence-electron chi connectivity index (χ3n) is 5.82. The predicted molar refractivity (Wildman–Crippen MR) is 129 cm³/mol. The summed E-state index contributed by atoms with van der Waals surface area (Å²) in [5, 5.41) is 20.2. The van der Waals surface area contributed by atoms with Gasteiger partial charge in [0.1, 0.15) is 0 Å². The molecule has 0 spiro atoms. The first kappa shape index (κ1) is 23.4.